The SMILES string of the molecule is COCOc1cc(-c2ncc3c(N4CCCOCC4)nc(OCC45CCCN4CCC5)nc3c2F)c2c(C#C[Si](C(C)C)(C(C)C)C(C)C)c(F)ccc2c1. The summed E-state index contributed by atoms with van der Waals surface area (Å²) < 4.78 is 57.0. The van der Waals surface area contributed by atoms with Crippen molar-refractivity contribution in [2.24, 2.45) is 0 Å². The number of benzene rings is 2. The van der Waals surface area contributed by atoms with Crippen molar-refractivity contribution < 1.29 is 27.7 Å². The maximum atomic E-state index is 17.5. The fraction of sp³-hybridized carbons (Fsp3) is 0.558. The van der Waals surface area contributed by atoms with Gasteiger partial charge in [-0.05, 0) is 85.4 Å². The predicted octanol–water partition coefficient (Wildman–Crippen LogP) is 8.91. The summed E-state index contributed by atoms with van der Waals surface area (Å²) in [5.41, 5.74) is 5.37. The van der Waals surface area contributed by atoms with Gasteiger partial charge in [-0.3, -0.25) is 9.88 Å². The molecule has 0 radical (unpaired) electrons. The number of fused-ring (bicyclic) bond motifs is 3. The third-order valence-electron chi connectivity index (χ3n) is 12.4. The van der Waals surface area contributed by atoms with Crippen LogP contribution in [0.15, 0.2) is 30.5 Å². The van der Waals surface area contributed by atoms with Crippen LogP contribution in [0.4, 0.5) is 14.6 Å². The maximum Gasteiger partial charge on any atom is 0.319 e. The summed E-state index contributed by atoms with van der Waals surface area (Å²) >= 11 is 0. The lowest BCUT2D eigenvalue weighted by Crippen LogP contribution is -2.43. The van der Waals surface area contributed by atoms with Crippen LogP contribution >= 0.6 is 0 Å². The molecule has 3 saturated heterocycles. The molecule has 2 aromatic heterocycles. The standard InChI is InChI=1S/C43H55F2N5O4Si/c1-28(2)55(29(3)4,30(5)6)22-13-33-36(44)12-11-31-23-32(54-27-51-7)24-34(37(31)33)39-38(45)40-35(25-46-39)41(49-16-10-20-52-21-19-49)48-42(47-40)53-26-43-14-8-17-50(43)18-9-15-43/h11-12,23-25,28-30H,8-10,14-21,26-27H2,1-7H3. The van der Waals surface area contributed by atoms with Crippen molar-refractivity contribution in [2.45, 2.75) is 95.8 Å². The Bertz CT molecular complexity index is 2060. The van der Waals surface area contributed by atoms with E-state index in [1.807, 2.05) is 6.07 Å². The molecule has 55 heavy (non-hydrogen) atoms. The Morgan fingerprint density at radius 1 is 0.909 bits per heavy atom. The Kier molecular flexibility index (Phi) is 11.7. The number of methoxy groups -OCH3 is 1. The maximum absolute atomic E-state index is 17.5. The van der Waals surface area contributed by atoms with E-state index in [0.29, 0.717) is 82.8 Å². The number of ether oxygens (including phenoxy) is 4. The van der Waals surface area contributed by atoms with Crippen molar-refractivity contribution in [3.63, 3.8) is 0 Å². The molecule has 0 atom stereocenters. The summed E-state index contributed by atoms with van der Waals surface area (Å²) in [5.74, 6) is 3.22. The summed E-state index contributed by atoms with van der Waals surface area (Å²) in [6.45, 7) is 18.3. The highest BCUT2D eigenvalue weighted by Gasteiger charge is 2.45. The molecule has 0 spiro atoms. The van der Waals surface area contributed by atoms with Gasteiger partial charge in [0, 0.05) is 44.0 Å². The Morgan fingerprint density at radius 2 is 1.65 bits per heavy atom. The third-order valence-corrected chi connectivity index (χ3v) is 18.6. The second kappa shape index (κ2) is 16.3. The van der Waals surface area contributed by atoms with Crippen molar-refractivity contribution in [1.82, 2.24) is 19.9 Å². The lowest BCUT2D eigenvalue weighted by Gasteiger charge is -2.38. The van der Waals surface area contributed by atoms with Crippen molar-refractivity contribution in [1.29, 1.82) is 0 Å². The molecule has 3 aliphatic heterocycles. The van der Waals surface area contributed by atoms with E-state index in [0.717, 1.165) is 45.2 Å². The lowest BCUT2D eigenvalue weighted by molar-refractivity contribution is 0.0512. The van der Waals surface area contributed by atoms with Gasteiger partial charge in [-0.2, -0.15) is 9.97 Å². The normalized spacial score (nSPS) is 17.6. The average Bonchev–Trinajstić information content (AvgIpc) is 3.63. The number of hydrogen-bond donors (Lipinski definition) is 0. The van der Waals surface area contributed by atoms with E-state index in [9.17, 15) is 0 Å². The summed E-state index contributed by atoms with van der Waals surface area (Å²) in [6, 6.07) is 6.74. The van der Waals surface area contributed by atoms with Crippen LogP contribution in [0.5, 0.6) is 11.8 Å². The van der Waals surface area contributed by atoms with Gasteiger partial charge in [0.1, 0.15) is 43.3 Å². The van der Waals surface area contributed by atoms with E-state index in [1.165, 1.54) is 13.2 Å². The van der Waals surface area contributed by atoms with Gasteiger partial charge in [0.05, 0.1) is 23.1 Å². The van der Waals surface area contributed by atoms with Gasteiger partial charge in [-0.25, -0.2) is 8.78 Å². The Morgan fingerprint density at radius 3 is 2.36 bits per heavy atom. The van der Waals surface area contributed by atoms with Crippen molar-refractivity contribution in [3.05, 3.63) is 47.7 Å². The Balaban J connectivity index is 1.43. The van der Waals surface area contributed by atoms with Crippen LogP contribution in [0.2, 0.25) is 16.6 Å². The topological polar surface area (TPSA) is 82.1 Å². The molecule has 3 fully saturated rings. The van der Waals surface area contributed by atoms with Crippen LogP contribution in [0.3, 0.4) is 0 Å². The molecule has 4 aromatic rings. The van der Waals surface area contributed by atoms with Crippen molar-refractivity contribution in [3.8, 4) is 34.5 Å². The first-order valence-corrected chi connectivity index (χ1v) is 22.2. The van der Waals surface area contributed by atoms with Crippen molar-refractivity contribution in [2.75, 3.05) is 64.8 Å². The van der Waals surface area contributed by atoms with Crippen LogP contribution in [0.1, 0.15) is 79.2 Å². The fourth-order valence-corrected chi connectivity index (χ4v) is 14.9. The Labute approximate surface area is 325 Å². The minimum atomic E-state index is -2.26. The van der Waals surface area contributed by atoms with E-state index in [4.69, 9.17) is 33.9 Å². The number of aromatic nitrogens is 3. The predicted molar refractivity (Wildman–Crippen MR) is 217 cm³/mol. The molecular formula is C43H55F2N5O4Si. The quantitative estimate of drug-likeness (QED) is 0.0844. The van der Waals surface area contributed by atoms with Crippen LogP contribution in [0.25, 0.3) is 32.9 Å². The summed E-state index contributed by atoms with van der Waals surface area (Å²) in [7, 11) is -0.723. The zero-order valence-corrected chi connectivity index (χ0v) is 34.4. The van der Waals surface area contributed by atoms with Crippen molar-refractivity contribution >= 4 is 35.6 Å². The molecule has 0 aliphatic carbocycles. The number of nitrogens with zero attached hydrogens (tertiary/aromatic N) is 5. The third kappa shape index (κ3) is 7.41. The summed E-state index contributed by atoms with van der Waals surface area (Å²) in [6.07, 6.45) is 6.82. The zero-order valence-electron chi connectivity index (χ0n) is 33.4. The van der Waals surface area contributed by atoms with E-state index in [1.54, 1.807) is 18.3 Å². The highest BCUT2D eigenvalue weighted by atomic mass is 28.3. The van der Waals surface area contributed by atoms with Crippen LogP contribution in [-0.2, 0) is 9.47 Å². The molecule has 5 heterocycles. The van der Waals surface area contributed by atoms with Gasteiger partial charge in [-0.1, -0.05) is 53.5 Å². The zero-order chi connectivity index (χ0) is 38.9. The van der Waals surface area contributed by atoms with E-state index in [-0.39, 0.29) is 35.1 Å². The first-order chi connectivity index (χ1) is 26.5. The van der Waals surface area contributed by atoms with Gasteiger partial charge in [0.25, 0.3) is 0 Å². The molecule has 9 nitrogen and oxygen atoms in total. The van der Waals surface area contributed by atoms with Gasteiger partial charge in [-0.15, -0.1) is 5.54 Å². The number of pyridine rings is 1. The molecule has 0 saturated carbocycles. The number of anilines is 1. The smallest absolute Gasteiger partial charge is 0.319 e. The van der Waals surface area contributed by atoms with Gasteiger partial charge < -0.3 is 23.8 Å². The molecule has 2 aromatic carbocycles. The number of hydrogen-bond acceptors (Lipinski definition) is 9. The number of rotatable bonds is 11. The lowest BCUT2D eigenvalue weighted by atomic mass is 9.95. The van der Waals surface area contributed by atoms with E-state index >= 15 is 8.78 Å². The van der Waals surface area contributed by atoms with Crippen LogP contribution < -0.4 is 14.4 Å². The molecular weight excluding hydrogens is 717 g/mol. The Hall–Kier alpha value is -3.89. The van der Waals surface area contributed by atoms with E-state index < -0.39 is 19.7 Å². The van der Waals surface area contributed by atoms with Crippen LogP contribution in [-0.4, -0.2) is 93.4 Å². The highest BCUT2D eigenvalue weighted by molar-refractivity contribution is 6.90. The average molecular weight is 772 g/mol. The molecule has 0 amide bonds. The first-order valence-electron chi connectivity index (χ1n) is 20.0. The number of halogens is 2. The van der Waals surface area contributed by atoms with Gasteiger partial charge in [0.2, 0.25) is 0 Å². The monoisotopic (exact) mass is 771 g/mol. The minimum Gasteiger partial charge on any atom is -0.468 e. The summed E-state index contributed by atoms with van der Waals surface area (Å²) in [5, 5.41) is 1.59. The molecule has 3 aliphatic rings. The van der Waals surface area contributed by atoms with Crippen LogP contribution in [0, 0.1) is 23.1 Å². The molecule has 0 unspecified atom stereocenters. The molecule has 0 N–H and O–H groups in total. The molecule has 0 bridgehead atoms. The molecule has 294 valence electrons. The molecule has 12 heteroatoms. The summed E-state index contributed by atoms with van der Waals surface area (Å²) in [4.78, 5) is 19.1. The highest BCUT2D eigenvalue weighted by Crippen LogP contribution is 2.43. The largest absolute Gasteiger partial charge is 0.468 e. The van der Waals surface area contributed by atoms with E-state index in [2.05, 4.69) is 62.8 Å². The first kappa shape index (κ1) is 39.3. The fourth-order valence-electron chi connectivity index (χ4n) is 9.67. The van der Waals surface area contributed by atoms with Gasteiger partial charge in [0.15, 0.2) is 12.6 Å². The second-order valence-electron chi connectivity index (χ2n) is 16.4. The van der Waals surface area contributed by atoms with Gasteiger partial charge >= 0.3 is 6.01 Å². The second-order valence-corrected chi connectivity index (χ2v) is 21.9. The minimum absolute atomic E-state index is 0.0141. The molecule has 7 rings (SSSR count).